The molecule has 112 valence electrons. The fourth-order valence-electron chi connectivity index (χ4n) is 2.33. The highest BCUT2D eigenvalue weighted by atomic mass is 35.5. The van der Waals surface area contributed by atoms with E-state index in [1.165, 1.54) is 12.8 Å². The molecular formula is C14H26ClNO3. The molecule has 1 aliphatic rings. The molecule has 2 unspecified atom stereocenters. The summed E-state index contributed by atoms with van der Waals surface area (Å²) in [4.78, 5) is 13.4. The van der Waals surface area contributed by atoms with Gasteiger partial charge in [0.15, 0.2) is 6.29 Å². The van der Waals surface area contributed by atoms with Crippen molar-refractivity contribution >= 4 is 17.5 Å². The van der Waals surface area contributed by atoms with Crippen molar-refractivity contribution in [3.8, 4) is 0 Å². The van der Waals surface area contributed by atoms with Crippen molar-refractivity contribution in [1.29, 1.82) is 0 Å². The number of carbonyl (C=O) groups excluding carboxylic acids is 1. The van der Waals surface area contributed by atoms with Crippen LogP contribution in [0.4, 0.5) is 0 Å². The largest absolute Gasteiger partial charge is 0.351 e. The van der Waals surface area contributed by atoms with Crippen molar-refractivity contribution in [1.82, 2.24) is 4.90 Å². The van der Waals surface area contributed by atoms with E-state index in [0.29, 0.717) is 25.6 Å². The van der Waals surface area contributed by atoms with E-state index in [0.717, 1.165) is 19.4 Å². The summed E-state index contributed by atoms with van der Waals surface area (Å²) in [6.45, 7) is 6.86. The second-order valence-electron chi connectivity index (χ2n) is 5.05. The van der Waals surface area contributed by atoms with Gasteiger partial charge in [0, 0.05) is 6.54 Å². The summed E-state index contributed by atoms with van der Waals surface area (Å²) >= 11 is 5.62. The minimum atomic E-state index is -0.305. The van der Waals surface area contributed by atoms with Crippen LogP contribution in [0.3, 0.4) is 0 Å². The van der Waals surface area contributed by atoms with Crippen molar-refractivity contribution in [2.24, 2.45) is 5.92 Å². The zero-order valence-electron chi connectivity index (χ0n) is 12.1. The van der Waals surface area contributed by atoms with Crippen LogP contribution in [-0.4, -0.2) is 49.3 Å². The third-order valence-corrected chi connectivity index (χ3v) is 3.60. The lowest BCUT2D eigenvalue weighted by Crippen LogP contribution is -2.40. The Morgan fingerprint density at radius 1 is 1.32 bits per heavy atom. The fraction of sp³-hybridized carbons (Fsp3) is 0.929. The molecule has 1 saturated heterocycles. The van der Waals surface area contributed by atoms with Crippen molar-refractivity contribution in [2.45, 2.75) is 45.8 Å². The second kappa shape index (κ2) is 9.56. The zero-order valence-corrected chi connectivity index (χ0v) is 12.8. The van der Waals surface area contributed by atoms with Crippen LogP contribution in [-0.2, 0) is 14.3 Å². The molecule has 0 aromatic heterocycles. The van der Waals surface area contributed by atoms with Crippen LogP contribution >= 0.6 is 11.6 Å². The maximum atomic E-state index is 11.7. The number of hydrogen-bond acceptors (Lipinski definition) is 3. The first-order chi connectivity index (χ1) is 9.21. The molecule has 0 bridgehead atoms. The van der Waals surface area contributed by atoms with E-state index in [1.54, 1.807) is 4.90 Å². The minimum absolute atomic E-state index is 0.0190. The molecule has 1 heterocycles. The van der Waals surface area contributed by atoms with Gasteiger partial charge in [0.25, 0.3) is 0 Å². The van der Waals surface area contributed by atoms with Gasteiger partial charge < -0.3 is 14.4 Å². The lowest BCUT2D eigenvalue weighted by molar-refractivity contribution is -0.153. The zero-order chi connectivity index (χ0) is 14.1. The summed E-state index contributed by atoms with van der Waals surface area (Å²) in [5, 5.41) is 0. The van der Waals surface area contributed by atoms with Crippen LogP contribution in [0.1, 0.15) is 39.5 Å². The molecular weight excluding hydrogens is 266 g/mol. The number of ether oxygens (including phenoxy) is 2. The SMILES string of the molecule is CCCC1CCOC(CN(CCC)C(=O)CCl)OC1. The monoisotopic (exact) mass is 291 g/mol. The maximum Gasteiger partial charge on any atom is 0.237 e. The molecule has 1 rings (SSSR count). The minimum Gasteiger partial charge on any atom is -0.351 e. The number of halogens is 1. The lowest BCUT2D eigenvalue weighted by atomic mass is 10.0. The molecule has 19 heavy (non-hydrogen) atoms. The van der Waals surface area contributed by atoms with Crippen molar-refractivity contribution < 1.29 is 14.3 Å². The van der Waals surface area contributed by atoms with E-state index in [1.807, 2.05) is 6.92 Å². The van der Waals surface area contributed by atoms with Crippen LogP contribution in [0.15, 0.2) is 0 Å². The van der Waals surface area contributed by atoms with Gasteiger partial charge in [-0.25, -0.2) is 0 Å². The highest BCUT2D eigenvalue weighted by Gasteiger charge is 2.23. The van der Waals surface area contributed by atoms with Gasteiger partial charge in [-0.3, -0.25) is 4.79 Å². The smallest absolute Gasteiger partial charge is 0.237 e. The quantitative estimate of drug-likeness (QED) is 0.677. The Hall–Kier alpha value is -0.320. The number of carbonyl (C=O) groups is 1. The average Bonchev–Trinajstić information content (AvgIpc) is 2.63. The van der Waals surface area contributed by atoms with Gasteiger partial charge in [-0.2, -0.15) is 0 Å². The van der Waals surface area contributed by atoms with Crippen molar-refractivity contribution in [2.75, 3.05) is 32.2 Å². The normalized spacial score (nSPS) is 23.9. The molecule has 2 atom stereocenters. The standard InChI is InChI=1S/C14H26ClNO3/c1-3-5-12-6-8-18-14(19-11-12)10-16(7-4-2)13(17)9-15/h12,14H,3-11H2,1-2H3. The Kier molecular flexibility index (Phi) is 8.42. The third kappa shape index (κ3) is 6.11. The molecule has 0 spiro atoms. The van der Waals surface area contributed by atoms with Crippen molar-refractivity contribution in [3.63, 3.8) is 0 Å². The van der Waals surface area contributed by atoms with Gasteiger partial charge in [0.05, 0.1) is 19.8 Å². The number of hydrogen-bond donors (Lipinski definition) is 0. The predicted molar refractivity (Wildman–Crippen MR) is 76.3 cm³/mol. The molecule has 0 aliphatic carbocycles. The van der Waals surface area contributed by atoms with Gasteiger partial charge in [0.2, 0.25) is 5.91 Å². The summed E-state index contributed by atoms with van der Waals surface area (Å²) in [6, 6.07) is 0. The van der Waals surface area contributed by atoms with E-state index in [-0.39, 0.29) is 18.1 Å². The highest BCUT2D eigenvalue weighted by Crippen LogP contribution is 2.18. The van der Waals surface area contributed by atoms with Crippen LogP contribution in [0.5, 0.6) is 0 Å². The molecule has 1 amide bonds. The van der Waals surface area contributed by atoms with Crippen molar-refractivity contribution in [3.05, 3.63) is 0 Å². The third-order valence-electron chi connectivity index (χ3n) is 3.37. The Labute approximate surface area is 121 Å². The molecule has 4 nitrogen and oxygen atoms in total. The molecule has 0 saturated carbocycles. The Bertz CT molecular complexity index is 263. The Morgan fingerprint density at radius 2 is 2.11 bits per heavy atom. The Balaban J connectivity index is 2.43. The number of amides is 1. The lowest BCUT2D eigenvalue weighted by Gasteiger charge is -2.26. The molecule has 1 aliphatic heterocycles. The van der Waals surface area contributed by atoms with Gasteiger partial charge in [-0.05, 0) is 25.2 Å². The highest BCUT2D eigenvalue weighted by molar-refractivity contribution is 6.27. The van der Waals surface area contributed by atoms with E-state index < -0.39 is 0 Å². The molecule has 0 aromatic carbocycles. The van der Waals surface area contributed by atoms with E-state index in [9.17, 15) is 4.79 Å². The summed E-state index contributed by atoms with van der Waals surface area (Å²) < 4.78 is 11.5. The van der Waals surface area contributed by atoms with E-state index in [2.05, 4.69) is 6.92 Å². The molecule has 5 heteroatoms. The summed E-state index contributed by atoms with van der Waals surface area (Å²) in [5.74, 6) is 0.550. The average molecular weight is 292 g/mol. The van der Waals surface area contributed by atoms with Gasteiger partial charge in [0.1, 0.15) is 5.88 Å². The van der Waals surface area contributed by atoms with E-state index >= 15 is 0 Å². The first-order valence-electron chi connectivity index (χ1n) is 7.28. The van der Waals surface area contributed by atoms with Gasteiger partial charge >= 0.3 is 0 Å². The van der Waals surface area contributed by atoms with Crippen LogP contribution < -0.4 is 0 Å². The van der Waals surface area contributed by atoms with Gasteiger partial charge in [-0.15, -0.1) is 11.6 Å². The number of rotatable bonds is 7. The fourth-order valence-corrected chi connectivity index (χ4v) is 2.50. The van der Waals surface area contributed by atoms with Crippen LogP contribution in [0.2, 0.25) is 0 Å². The molecule has 0 aromatic rings. The summed E-state index contributed by atoms with van der Waals surface area (Å²) in [5.41, 5.74) is 0. The first kappa shape index (κ1) is 16.7. The number of alkyl halides is 1. The van der Waals surface area contributed by atoms with Gasteiger partial charge in [-0.1, -0.05) is 20.3 Å². The molecule has 0 N–H and O–H groups in total. The topological polar surface area (TPSA) is 38.8 Å². The van der Waals surface area contributed by atoms with E-state index in [4.69, 9.17) is 21.1 Å². The maximum absolute atomic E-state index is 11.7. The molecule has 1 fully saturated rings. The summed E-state index contributed by atoms with van der Waals surface area (Å²) in [6.07, 6.45) is 4.00. The second-order valence-corrected chi connectivity index (χ2v) is 5.32. The van der Waals surface area contributed by atoms with Crippen LogP contribution in [0.25, 0.3) is 0 Å². The number of nitrogens with zero attached hydrogens (tertiary/aromatic N) is 1. The first-order valence-corrected chi connectivity index (χ1v) is 7.81. The Morgan fingerprint density at radius 3 is 2.74 bits per heavy atom. The van der Waals surface area contributed by atoms with Crippen LogP contribution in [0, 0.1) is 5.92 Å². The predicted octanol–water partition coefficient (Wildman–Crippen LogP) is 2.64. The summed E-state index contributed by atoms with van der Waals surface area (Å²) in [7, 11) is 0. The molecule has 0 radical (unpaired) electrons.